The molecule has 0 heterocycles. The largest absolute Gasteiger partial charge is 0.481 e. The minimum atomic E-state index is -0.801. The Labute approximate surface area is 126 Å². The monoisotopic (exact) mass is 292 g/mol. The van der Waals surface area contributed by atoms with Crippen LogP contribution in [-0.2, 0) is 11.3 Å². The van der Waals surface area contributed by atoms with Crippen LogP contribution >= 0.6 is 0 Å². The van der Waals surface area contributed by atoms with Crippen LogP contribution in [0.2, 0.25) is 0 Å². The third-order valence-electron chi connectivity index (χ3n) is 3.18. The fourth-order valence-electron chi connectivity index (χ4n) is 1.97. The predicted octanol–water partition coefficient (Wildman–Crippen LogP) is 1.98. The van der Waals surface area contributed by atoms with E-state index in [9.17, 15) is 9.59 Å². The predicted molar refractivity (Wildman–Crippen MR) is 82.2 cm³/mol. The van der Waals surface area contributed by atoms with Gasteiger partial charge in [-0.15, -0.1) is 0 Å². The molecule has 0 saturated heterocycles. The van der Waals surface area contributed by atoms with Crippen molar-refractivity contribution in [3.8, 4) is 0 Å². The van der Waals surface area contributed by atoms with E-state index in [1.165, 1.54) is 0 Å². The highest BCUT2D eigenvalue weighted by atomic mass is 16.4. The summed E-state index contributed by atoms with van der Waals surface area (Å²) in [6, 6.07) is 7.53. The first kappa shape index (κ1) is 17.2. The van der Waals surface area contributed by atoms with Gasteiger partial charge in [-0.1, -0.05) is 19.1 Å². The van der Waals surface area contributed by atoms with Gasteiger partial charge in [0, 0.05) is 25.1 Å². The molecular formula is C16H24N2O3. The zero-order valence-electron chi connectivity index (χ0n) is 12.9. The first-order valence-electron chi connectivity index (χ1n) is 7.12. The molecule has 1 unspecified atom stereocenters. The SMILES string of the molecule is CC(CCC(=O)O)CNC(=O)c1ccc(CN(C)C)cc1. The van der Waals surface area contributed by atoms with Crippen molar-refractivity contribution in [3.63, 3.8) is 0 Å². The van der Waals surface area contributed by atoms with Crippen LogP contribution in [0.1, 0.15) is 35.7 Å². The van der Waals surface area contributed by atoms with Gasteiger partial charge in [0.05, 0.1) is 0 Å². The number of hydrogen-bond acceptors (Lipinski definition) is 3. The van der Waals surface area contributed by atoms with E-state index < -0.39 is 5.97 Å². The van der Waals surface area contributed by atoms with E-state index in [1.807, 2.05) is 45.3 Å². The van der Waals surface area contributed by atoms with E-state index >= 15 is 0 Å². The molecule has 5 heteroatoms. The van der Waals surface area contributed by atoms with Crippen LogP contribution in [0.15, 0.2) is 24.3 Å². The Bertz CT molecular complexity index is 469. The molecule has 0 aliphatic carbocycles. The van der Waals surface area contributed by atoms with Crippen LogP contribution < -0.4 is 5.32 Å². The van der Waals surface area contributed by atoms with Gasteiger partial charge >= 0.3 is 5.97 Å². The number of carboxylic acids is 1. The maximum atomic E-state index is 12.0. The lowest BCUT2D eigenvalue weighted by atomic mass is 10.1. The van der Waals surface area contributed by atoms with Gasteiger partial charge in [-0.2, -0.15) is 0 Å². The number of rotatable bonds is 8. The average molecular weight is 292 g/mol. The summed E-state index contributed by atoms with van der Waals surface area (Å²) >= 11 is 0. The molecule has 0 fully saturated rings. The number of aliphatic carboxylic acids is 1. The second-order valence-electron chi connectivity index (χ2n) is 5.68. The van der Waals surface area contributed by atoms with Gasteiger partial charge in [-0.3, -0.25) is 9.59 Å². The molecule has 0 radical (unpaired) electrons. The molecule has 2 N–H and O–H groups in total. The molecule has 1 aromatic carbocycles. The lowest BCUT2D eigenvalue weighted by Crippen LogP contribution is -2.28. The highest BCUT2D eigenvalue weighted by Crippen LogP contribution is 2.08. The van der Waals surface area contributed by atoms with E-state index in [-0.39, 0.29) is 18.2 Å². The first-order valence-corrected chi connectivity index (χ1v) is 7.12. The lowest BCUT2D eigenvalue weighted by Gasteiger charge is -2.12. The molecule has 0 aliphatic heterocycles. The number of carboxylic acid groups (broad SMARTS) is 1. The van der Waals surface area contributed by atoms with Crippen molar-refractivity contribution in [2.75, 3.05) is 20.6 Å². The third-order valence-corrected chi connectivity index (χ3v) is 3.18. The summed E-state index contributed by atoms with van der Waals surface area (Å²) in [5.41, 5.74) is 1.79. The number of nitrogens with zero attached hydrogens (tertiary/aromatic N) is 1. The average Bonchev–Trinajstić information content (AvgIpc) is 2.42. The molecule has 0 spiro atoms. The fraction of sp³-hybridized carbons (Fsp3) is 0.500. The minimum Gasteiger partial charge on any atom is -0.481 e. The lowest BCUT2D eigenvalue weighted by molar-refractivity contribution is -0.137. The van der Waals surface area contributed by atoms with Crippen molar-refractivity contribution in [2.45, 2.75) is 26.3 Å². The van der Waals surface area contributed by atoms with Crippen molar-refractivity contribution >= 4 is 11.9 Å². The second kappa shape index (κ2) is 8.42. The summed E-state index contributed by atoms with van der Waals surface area (Å²) < 4.78 is 0. The molecule has 116 valence electrons. The quantitative estimate of drug-likeness (QED) is 0.768. The minimum absolute atomic E-state index is 0.117. The van der Waals surface area contributed by atoms with Crippen molar-refractivity contribution in [1.82, 2.24) is 10.2 Å². The third kappa shape index (κ3) is 6.90. The molecule has 0 aliphatic rings. The molecule has 0 saturated carbocycles. The van der Waals surface area contributed by atoms with E-state index in [0.717, 1.165) is 12.1 Å². The summed E-state index contributed by atoms with van der Waals surface area (Å²) in [5, 5.41) is 11.5. The van der Waals surface area contributed by atoms with E-state index in [4.69, 9.17) is 5.11 Å². The van der Waals surface area contributed by atoms with Crippen LogP contribution in [0, 0.1) is 5.92 Å². The maximum Gasteiger partial charge on any atom is 0.303 e. The number of benzene rings is 1. The summed E-state index contributed by atoms with van der Waals surface area (Å²) in [6.07, 6.45) is 0.702. The number of carbonyl (C=O) groups is 2. The number of nitrogens with one attached hydrogen (secondary N) is 1. The van der Waals surface area contributed by atoms with E-state index in [1.54, 1.807) is 0 Å². The van der Waals surface area contributed by atoms with Gasteiger partial charge in [0.1, 0.15) is 0 Å². The smallest absolute Gasteiger partial charge is 0.303 e. The molecule has 21 heavy (non-hydrogen) atoms. The number of carbonyl (C=O) groups excluding carboxylic acids is 1. The summed E-state index contributed by atoms with van der Waals surface area (Å²) in [7, 11) is 4.00. The van der Waals surface area contributed by atoms with Crippen LogP contribution in [0.4, 0.5) is 0 Å². The normalized spacial score (nSPS) is 12.2. The van der Waals surface area contributed by atoms with Crippen molar-refractivity contribution in [3.05, 3.63) is 35.4 Å². The number of amides is 1. The Balaban J connectivity index is 2.43. The van der Waals surface area contributed by atoms with Gasteiger partial charge in [-0.25, -0.2) is 0 Å². The Morgan fingerprint density at radius 1 is 1.24 bits per heavy atom. The Hall–Kier alpha value is -1.88. The van der Waals surface area contributed by atoms with Gasteiger partial charge in [0.2, 0.25) is 0 Å². The summed E-state index contributed by atoms with van der Waals surface area (Å²) in [5.74, 6) is -0.767. The molecule has 5 nitrogen and oxygen atoms in total. The zero-order valence-corrected chi connectivity index (χ0v) is 12.9. The van der Waals surface area contributed by atoms with Crippen LogP contribution in [0.25, 0.3) is 0 Å². The Kier molecular flexibility index (Phi) is 6.88. The van der Waals surface area contributed by atoms with Gasteiger partial charge < -0.3 is 15.3 Å². The standard InChI is InChI=1S/C16H24N2O3/c1-12(4-9-15(19)20)10-17-16(21)14-7-5-13(6-8-14)11-18(2)3/h5-8,12H,4,9-11H2,1-3H3,(H,17,21)(H,19,20). The Morgan fingerprint density at radius 2 is 1.86 bits per heavy atom. The number of hydrogen-bond donors (Lipinski definition) is 2. The van der Waals surface area contributed by atoms with Crippen LogP contribution in [0.3, 0.4) is 0 Å². The van der Waals surface area contributed by atoms with Crippen LogP contribution in [0.5, 0.6) is 0 Å². The summed E-state index contributed by atoms with van der Waals surface area (Å²) in [6.45, 7) is 3.27. The molecule has 1 rings (SSSR count). The topological polar surface area (TPSA) is 69.6 Å². The summed E-state index contributed by atoms with van der Waals surface area (Å²) in [4.78, 5) is 24.5. The molecule has 1 aromatic rings. The van der Waals surface area contributed by atoms with Gasteiger partial charge in [-0.05, 0) is 44.1 Å². The van der Waals surface area contributed by atoms with E-state index in [2.05, 4.69) is 10.2 Å². The molecule has 1 amide bonds. The highest BCUT2D eigenvalue weighted by Gasteiger charge is 2.09. The Morgan fingerprint density at radius 3 is 2.38 bits per heavy atom. The molecule has 1 atom stereocenters. The molecular weight excluding hydrogens is 268 g/mol. The molecule has 0 bridgehead atoms. The second-order valence-corrected chi connectivity index (χ2v) is 5.68. The van der Waals surface area contributed by atoms with Crippen molar-refractivity contribution < 1.29 is 14.7 Å². The van der Waals surface area contributed by atoms with Gasteiger partial charge in [0.15, 0.2) is 0 Å². The van der Waals surface area contributed by atoms with Gasteiger partial charge in [0.25, 0.3) is 5.91 Å². The molecule has 0 aromatic heterocycles. The first-order chi connectivity index (χ1) is 9.88. The maximum absolute atomic E-state index is 12.0. The van der Waals surface area contributed by atoms with E-state index in [0.29, 0.717) is 18.5 Å². The zero-order chi connectivity index (χ0) is 15.8. The van der Waals surface area contributed by atoms with Crippen molar-refractivity contribution in [2.24, 2.45) is 5.92 Å². The highest BCUT2D eigenvalue weighted by molar-refractivity contribution is 5.94. The fourth-order valence-corrected chi connectivity index (χ4v) is 1.97. The van der Waals surface area contributed by atoms with Crippen LogP contribution in [-0.4, -0.2) is 42.5 Å². The van der Waals surface area contributed by atoms with Crippen molar-refractivity contribution in [1.29, 1.82) is 0 Å².